The molecule has 0 saturated heterocycles. The van der Waals surface area contributed by atoms with Gasteiger partial charge in [-0.3, -0.25) is 10.1 Å². The molecule has 7 nitrogen and oxygen atoms in total. The molecule has 0 saturated carbocycles. The number of benzene rings is 2. The molecule has 0 atom stereocenters. The number of nitrogens with zero attached hydrogens (tertiary/aromatic N) is 2. The summed E-state index contributed by atoms with van der Waals surface area (Å²) in [5.74, 6) is 0.566. The molecule has 3 rings (SSSR count). The quantitative estimate of drug-likeness (QED) is 0.383. The third-order valence-corrected chi connectivity index (χ3v) is 5.78. The molecule has 0 bridgehead atoms. The van der Waals surface area contributed by atoms with Gasteiger partial charge < -0.3 is 4.74 Å². The van der Waals surface area contributed by atoms with Gasteiger partial charge >= 0.3 is 0 Å². The maximum absolute atomic E-state index is 12.9. The average molecular weight is 381 g/mol. The summed E-state index contributed by atoms with van der Waals surface area (Å²) >= 11 is 5.89. The molecule has 1 heterocycles. The average Bonchev–Trinajstić information content (AvgIpc) is 3.00. The molecule has 9 heteroatoms. The van der Waals surface area contributed by atoms with Crippen molar-refractivity contribution >= 4 is 38.2 Å². The van der Waals surface area contributed by atoms with Crippen LogP contribution in [0, 0.1) is 10.1 Å². The Labute approximate surface area is 148 Å². The van der Waals surface area contributed by atoms with Crippen molar-refractivity contribution in [3.8, 4) is 5.75 Å². The summed E-state index contributed by atoms with van der Waals surface area (Å²) in [5.41, 5.74) is 0.702. The lowest BCUT2D eigenvalue weighted by molar-refractivity contribution is -0.384. The van der Waals surface area contributed by atoms with E-state index in [0.717, 1.165) is 3.97 Å². The minimum absolute atomic E-state index is 0.0306. The molecule has 2 aromatic carbocycles. The Morgan fingerprint density at radius 3 is 2.44 bits per heavy atom. The summed E-state index contributed by atoms with van der Waals surface area (Å²) in [5, 5.41) is 11.4. The highest BCUT2D eigenvalue weighted by Crippen LogP contribution is 2.30. The van der Waals surface area contributed by atoms with E-state index in [9.17, 15) is 18.5 Å². The number of methoxy groups -OCH3 is 1. The monoisotopic (exact) mass is 380 g/mol. The van der Waals surface area contributed by atoms with Gasteiger partial charge in [-0.15, -0.1) is 11.6 Å². The normalized spacial score (nSPS) is 11.6. The summed E-state index contributed by atoms with van der Waals surface area (Å²) < 4.78 is 32.0. The first kappa shape index (κ1) is 17.2. The van der Waals surface area contributed by atoms with Crippen LogP contribution < -0.4 is 4.74 Å². The number of nitro groups is 1. The summed E-state index contributed by atoms with van der Waals surface area (Å²) in [4.78, 5) is 10.5. The number of alkyl halides is 1. The third-order valence-electron chi connectivity index (χ3n) is 3.81. The Hall–Kier alpha value is -2.58. The third kappa shape index (κ3) is 2.94. The maximum atomic E-state index is 12.9. The minimum Gasteiger partial charge on any atom is -0.497 e. The molecule has 0 aliphatic carbocycles. The SMILES string of the molecule is COc1ccc(S(=O)(=O)n2cc(CCl)c3cc([N+](=O)[O-])ccc32)cc1. The van der Waals surface area contributed by atoms with Crippen LogP contribution in [0.3, 0.4) is 0 Å². The highest BCUT2D eigenvalue weighted by molar-refractivity contribution is 7.90. The molecule has 130 valence electrons. The van der Waals surface area contributed by atoms with E-state index in [1.54, 1.807) is 12.1 Å². The van der Waals surface area contributed by atoms with Gasteiger partial charge in [0.05, 0.1) is 22.4 Å². The van der Waals surface area contributed by atoms with Crippen LogP contribution in [0.25, 0.3) is 10.9 Å². The summed E-state index contributed by atoms with van der Waals surface area (Å²) in [6, 6.07) is 9.97. The van der Waals surface area contributed by atoms with E-state index in [1.165, 1.54) is 43.6 Å². The zero-order valence-electron chi connectivity index (χ0n) is 13.0. The lowest BCUT2D eigenvalue weighted by Gasteiger charge is -2.08. The predicted octanol–water partition coefficient (Wildman–Crippen LogP) is 3.53. The van der Waals surface area contributed by atoms with Gasteiger partial charge in [-0.05, 0) is 35.9 Å². The predicted molar refractivity (Wildman–Crippen MR) is 93.7 cm³/mol. The van der Waals surface area contributed by atoms with E-state index in [2.05, 4.69) is 0 Å². The van der Waals surface area contributed by atoms with Crippen LogP contribution >= 0.6 is 11.6 Å². The molecule has 0 unspecified atom stereocenters. The van der Waals surface area contributed by atoms with Crippen molar-refractivity contribution < 1.29 is 18.1 Å². The first-order valence-corrected chi connectivity index (χ1v) is 9.10. The summed E-state index contributed by atoms with van der Waals surface area (Å²) in [6.45, 7) is 0. The van der Waals surface area contributed by atoms with Gasteiger partial charge in [0.25, 0.3) is 15.7 Å². The lowest BCUT2D eigenvalue weighted by atomic mass is 10.2. The molecular weight excluding hydrogens is 368 g/mol. The minimum atomic E-state index is -3.88. The van der Waals surface area contributed by atoms with Crippen molar-refractivity contribution in [2.45, 2.75) is 10.8 Å². The van der Waals surface area contributed by atoms with Crippen molar-refractivity contribution in [3.05, 3.63) is 64.3 Å². The number of nitro benzene ring substituents is 1. The Kier molecular flexibility index (Phi) is 4.40. The Bertz CT molecular complexity index is 1060. The van der Waals surface area contributed by atoms with Crippen molar-refractivity contribution in [1.82, 2.24) is 3.97 Å². The molecule has 3 aromatic rings. The van der Waals surface area contributed by atoms with E-state index in [-0.39, 0.29) is 16.5 Å². The van der Waals surface area contributed by atoms with E-state index in [1.807, 2.05) is 0 Å². The Morgan fingerprint density at radius 2 is 1.88 bits per heavy atom. The highest BCUT2D eigenvalue weighted by Gasteiger charge is 2.22. The molecule has 0 fully saturated rings. The van der Waals surface area contributed by atoms with Gasteiger partial charge in [0, 0.05) is 29.6 Å². The van der Waals surface area contributed by atoms with Crippen molar-refractivity contribution in [2.24, 2.45) is 0 Å². The van der Waals surface area contributed by atoms with E-state index >= 15 is 0 Å². The van der Waals surface area contributed by atoms with Crippen LogP contribution in [0.1, 0.15) is 5.56 Å². The van der Waals surface area contributed by atoms with E-state index < -0.39 is 14.9 Å². The molecule has 0 aliphatic heterocycles. The largest absolute Gasteiger partial charge is 0.497 e. The van der Waals surface area contributed by atoms with Gasteiger partial charge in [-0.25, -0.2) is 12.4 Å². The van der Waals surface area contributed by atoms with Crippen molar-refractivity contribution in [2.75, 3.05) is 7.11 Å². The molecule has 0 N–H and O–H groups in total. The second kappa shape index (κ2) is 6.38. The zero-order valence-corrected chi connectivity index (χ0v) is 14.6. The number of hydrogen-bond acceptors (Lipinski definition) is 5. The zero-order chi connectivity index (χ0) is 18.2. The standard InChI is InChI=1S/C16H13ClN2O5S/c1-24-13-3-5-14(6-4-13)25(22,23)18-10-11(9-17)15-8-12(19(20)21)2-7-16(15)18/h2-8,10H,9H2,1H3. The number of fused-ring (bicyclic) bond motifs is 1. The van der Waals surface area contributed by atoms with Crippen molar-refractivity contribution in [1.29, 1.82) is 0 Å². The molecular formula is C16H13ClN2O5S. The van der Waals surface area contributed by atoms with Gasteiger partial charge in [0.1, 0.15) is 5.75 Å². The number of aromatic nitrogens is 1. The first-order valence-electron chi connectivity index (χ1n) is 7.12. The molecule has 0 aliphatic rings. The van der Waals surface area contributed by atoms with Gasteiger partial charge in [-0.1, -0.05) is 0 Å². The van der Waals surface area contributed by atoms with Crippen molar-refractivity contribution in [3.63, 3.8) is 0 Å². The molecule has 0 amide bonds. The Morgan fingerprint density at radius 1 is 1.20 bits per heavy atom. The smallest absolute Gasteiger partial charge is 0.270 e. The topological polar surface area (TPSA) is 91.4 Å². The van der Waals surface area contributed by atoms with E-state index in [0.29, 0.717) is 22.2 Å². The van der Waals surface area contributed by atoms with Gasteiger partial charge in [0.2, 0.25) is 0 Å². The molecule has 1 aromatic heterocycles. The highest BCUT2D eigenvalue weighted by atomic mass is 35.5. The number of halogens is 1. The number of ether oxygens (including phenoxy) is 1. The fourth-order valence-electron chi connectivity index (χ4n) is 2.53. The Balaban J connectivity index is 2.21. The first-order chi connectivity index (χ1) is 11.9. The van der Waals surface area contributed by atoms with Gasteiger partial charge in [0.15, 0.2) is 0 Å². The van der Waals surface area contributed by atoms with Crippen LogP contribution in [0.4, 0.5) is 5.69 Å². The fourth-order valence-corrected chi connectivity index (χ4v) is 4.14. The van der Waals surface area contributed by atoms with E-state index in [4.69, 9.17) is 16.3 Å². The number of non-ortho nitro benzene ring substituents is 1. The summed E-state index contributed by atoms with van der Waals surface area (Å²) in [7, 11) is -2.39. The number of hydrogen-bond donors (Lipinski definition) is 0. The second-order valence-electron chi connectivity index (χ2n) is 5.22. The van der Waals surface area contributed by atoms with Crippen LogP contribution in [-0.2, 0) is 15.9 Å². The lowest BCUT2D eigenvalue weighted by Crippen LogP contribution is -2.11. The second-order valence-corrected chi connectivity index (χ2v) is 7.31. The molecule has 0 radical (unpaired) electrons. The van der Waals surface area contributed by atoms with Crippen LogP contribution in [0.15, 0.2) is 53.6 Å². The summed E-state index contributed by atoms with van der Waals surface area (Å²) in [6.07, 6.45) is 1.39. The molecule has 25 heavy (non-hydrogen) atoms. The van der Waals surface area contributed by atoms with Crippen LogP contribution in [0.2, 0.25) is 0 Å². The fraction of sp³-hybridized carbons (Fsp3) is 0.125. The van der Waals surface area contributed by atoms with Crippen LogP contribution in [-0.4, -0.2) is 24.4 Å². The van der Waals surface area contributed by atoms with Gasteiger partial charge in [-0.2, -0.15) is 0 Å². The number of rotatable bonds is 5. The molecule has 0 spiro atoms. The van der Waals surface area contributed by atoms with Crippen LogP contribution in [0.5, 0.6) is 5.75 Å². The maximum Gasteiger partial charge on any atom is 0.270 e.